The summed E-state index contributed by atoms with van der Waals surface area (Å²) in [6, 6.07) is 20.6. The van der Waals surface area contributed by atoms with Crippen molar-refractivity contribution in [3.05, 3.63) is 104 Å². The predicted molar refractivity (Wildman–Crippen MR) is 152 cm³/mol. The van der Waals surface area contributed by atoms with Crippen molar-refractivity contribution in [3.8, 4) is 32.8 Å². The maximum absolute atomic E-state index is 12.9. The second-order valence-corrected chi connectivity index (χ2v) is 10.3. The molecule has 0 radical (unpaired) electrons. The summed E-state index contributed by atoms with van der Waals surface area (Å²) in [6.45, 7) is -0.264. The molecule has 198 valence electrons. The third-order valence-corrected chi connectivity index (χ3v) is 7.59. The Morgan fingerprint density at radius 2 is 1.15 bits per heavy atom. The molecule has 0 bridgehead atoms. The monoisotopic (exact) mass is 562 g/mol. The van der Waals surface area contributed by atoms with Crippen molar-refractivity contribution in [1.29, 1.82) is 0 Å². The minimum atomic E-state index is -1.03. The van der Waals surface area contributed by atoms with Crippen molar-refractivity contribution in [1.82, 2.24) is 0 Å². The number of aliphatic hydroxyl groups is 1. The average molecular weight is 563 g/mol. The van der Waals surface area contributed by atoms with E-state index < -0.39 is 6.10 Å². The predicted octanol–water partition coefficient (Wildman–Crippen LogP) is 5.35. The standard InChI is InChI=1S/C29H20O7S2.H2O/c30-17(15-33-20-5-1-7-22-28(20)18(31)13-24(35-22)26-9-3-11-37-26)16-34-21-6-2-8-23-29(21)19(32)14-25(36-23)27-10-4-12-38-27;/h1-14,17,30H,15-16H2;1H2. The number of fused-ring (bicyclic) bond motifs is 2. The quantitative estimate of drug-likeness (QED) is 0.265. The fourth-order valence-corrected chi connectivity index (χ4v) is 5.45. The Hall–Kier alpha value is -4.22. The molecule has 4 aromatic heterocycles. The molecule has 3 N–H and O–H groups in total. The van der Waals surface area contributed by atoms with Crippen LogP contribution in [-0.2, 0) is 0 Å². The second kappa shape index (κ2) is 11.3. The smallest absolute Gasteiger partial charge is 0.197 e. The Morgan fingerprint density at radius 1 is 0.692 bits per heavy atom. The van der Waals surface area contributed by atoms with Crippen LogP contribution in [0.25, 0.3) is 43.2 Å². The normalized spacial score (nSPS) is 11.1. The molecule has 0 amide bonds. The highest BCUT2D eigenvalue weighted by Crippen LogP contribution is 2.31. The summed E-state index contributed by atoms with van der Waals surface area (Å²) in [5.41, 5.74) is 0.322. The molecule has 39 heavy (non-hydrogen) atoms. The van der Waals surface area contributed by atoms with Crippen LogP contribution < -0.4 is 20.3 Å². The highest BCUT2D eigenvalue weighted by molar-refractivity contribution is 7.13. The average Bonchev–Trinajstić information content (AvgIpc) is 3.65. The van der Waals surface area contributed by atoms with Crippen LogP contribution in [0, 0.1) is 0 Å². The molecule has 6 aromatic rings. The van der Waals surface area contributed by atoms with E-state index in [2.05, 4.69) is 0 Å². The molecule has 0 fully saturated rings. The van der Waals surface area contributed by atoms with Crippen LogP contribution >= 0.6 is 22.7 Å². The number of benzene rings is 2. The van der Waals surface area contributed by atoms with E-state index in [0.29, 0.717) is 45.0 Å². The molecule has 6 rings (SSSR count). The Kier molecular flexibility index (Phi) is 7.62. The maximum atomic E-state index is 12.9. The van der Waals surface area contributed by atoms with Gasteiger partial charge in [0.05, 0.1) is 9.75 Å². The number of aliphatic hydroxyl groups excluding tert-OH is 1. The van der Waals surface area contributed by atoms with Crippen molar-refractivity contribution < 1.29 is 28.9 Å². The molecule has 0 atom stereocenters. The number of hydrogen-bond acceptors (Lipinski definition) is 9. The topological polar surface area (TPSA) is 131 Å². The zero-order valence-electron chi connectivity index (χ0n) is 20.3. The lowest BCUT2D eigenvalue weighted by atomic mass is 10.2. The summed E-state index contributed by atoms with van der Waals surface area (Å²) in [5, 5.41) is 15.0. The molecule has 0 aliphatic rings. The Labute approximate surface area is 229 Å². The molecule has 0 aliphatic carbocycles. The van der Waals surface area contributed by atoms with Crippen molar-refractivity contribution in [3.63, 3.8) is 0 Å². The Balaban J connectivity index is 0.00000308. The molecule has 0 saturated heterocycles. The van der Waals surface area contributed by atoms with E-state index in [-0.39, 0.29) is 29.5 Å². The number of ether oxygens (including phenoxy) is 2. The lowest BCUT2D eigenvalue weighted by Crippen LogP contribution is -2.25. The van der Waals surface area contributed by atoms with Gasteiger partial charge in [0.25, 0.3) is 0 Å². The minimum Gasteiger partial charge on any atom is -0.490 e. The lowest BCUT2D eigenvalue weighted by Gasteiger charge is -2.15. The van der Waals surface area contributed by atoms with Gasteiger partial charge in [-0.15, -0.1) is 22.7 Å². The third-order valence-electron chi connectivity index (χ3n) is 5.82. The largest absolute Gasteiger partial charge is 0.490 e. The van der Waals surface area contributed by atoms with E-state index in [0.717, 1.165) is 9.75 Å². The minimum absolute atomic E-state index is 0. The highest BCUT2D eigenvalue weighted by Gasteiger charge is 2.16. The molecular formula is C29H22O8S2. The SMILES string of the molecule is O.O=c1cc(-c2cccs2)oc2cccc(OCC(O)COc3cccc4oc(-c5cccs5)cc(=O)c34)c12. The van der Waals surface area contributed by atoms with Crippen LogP contribution in [-0.4, -0.2) is 29.9 Å². The first-order valence-electron chi connectivity index (χ1n) is 11.7. The molecule has 0 unspecified atom stereocenters. The summed E-state index contributed by atoms with van der Waals surface area (Å²) < 4.78 is 23.4. The van der Waals surface area contributed by atoms with Crippen LogP contribution in [0.3, 0.4) is 0 Å². The zero-order valence-corrected chi connectivity index (χ0v) is 21.9. The number of thiophene rings is 2. The molecule has 10 heteroatoms. The summed E-state index contributed by atoms with van der Waals surface area (Å²) >= 11 is 2.96. The van der Waals surface area contributed by atoms with E-state index in [1.807, 2.05) is 35.0 Å². The van der Waals surface area contributed by atoms with Crippen LogP contribution in [0.1, 0.15) is 0 Å². The van der Waals surface area contributed by atoms with Gasteiger partial charge in [-0.1, -0.05) is 24.3 Å². The van der Waals surface area contributed by atoms with Gasteiger partial charge in [-0.2, -0.15) is 0 Å². The van der Waals surface area contributed by atoms with Gasteiger partial charge in [0.15, 0.2) is 10.9 Å². The van der Waals surface area contributed by atoms with Crippen molar-refractivity contribution in [2.24, 2.45) is 0 Å². The van der Waals surface area contributed by atoms with Gasteiger partial charge in [0, 0.05) is 12.1 Å². The summed E-state index contributed by atoms with van der Waals surface area (Å²) in [4.78, 5) is 27.4. The molecule has 4 heterocycles. The van der Waals surface area contributed by atoms with Gasteiger partial charge in [0.1, 0.15) is 64.3 Å². The van der Waals surface area contributed by atoms with Crippen LogP contribution in [0.15, 0.2) is 102 Å². The summed E-state index contributed by atoms with van der Waals surface area (Å²) in [7, 11) is 0. The molecule has 8 nitrogen and oxygen atoms in total. The molecule has 2 aromatic carbocycles. The van der Waals surface area contributed by atoms with Gasteiger partial charge < -0.3 is 28.9 Å². The molecule has 0 aliphatic heterocycles. The van der Waals surface area contributed by atoms with Gasteiger partial charge in [-0.3, -0.25) is 9.59 Å². The summed E-state index contributed by atoms with van der Waals surface area (Å²) in [5.74, 6) is 1.59. The number of rotatable bonds is 8. The van der Waals surface area contributed by atoms with Crippen molar-refractivity contribution >= 4 is 44.6 Å². The van der Waals surface area contributed by atoms with Crippen molar-refractivity contribution in [2.45, 2.75) is 6.10 Å². The third kappa shape index (κ3) is 5.36. The second-order valence-electron chi connectivity index (χ2n) is 8.44. The Bertz CT molecular complexity index is 1700. The van der Waals surface area contributed by atoms with E-state index >= 15 is 0 Å². The zero-order chi connectivity index (χ0) is 26.1. The van der Waals surface area contributed by atoms with Gasteiger partial charge in [-0.05, 0) is 47.2 Å². The van der Waals surface area contributed by atoms with Gasteiger partial charge >= 0.3 is 0 Å². The van der Waals surface area contributed by atoms with Crippen LogP contribution in [0.2, 0.25) is 0 Å². The van der Waals surface area contributed by atoms with E-state index in [4.69, 9.17) is 18.3 Å². The Morgan fingerprint density at radius 3 is 1.56 bits per heavy atom. The molecule has 0 spiro atoms. The fourth-order valence-electron chi connectivity index (χ4n) is 4.10. The fraction of sp³-hybridized carbons (Fsp3) is 0.103. The van der Waals surface area contributed by atoms with Gasteiger partial charge in [0.2, 0.25) is 0 Å². The highest BCUT2D eigenvalue weighted by atomic mass is 32.1. The molecule has 0 saturated carbocycles. The van der Waals surface area contributed by atoms with Gasteiger partial charge in [-0.25, -0.2) is 0 Å². The maximum Gasteiger partial charge on any atom is 0.197 e. The first-order valence-corrected chi connectivity index (χ1v) is 13.5. The molecular weight excluding hydrogens is 540 g/mol. The first-order chi connectivity index (χ1) is 18.6. The van der Waals surface area contributed by atoms with Crippen LogP contribution in [0.4, 0.5) is 0 Å². The lowest BCUT2D eigenvalue weighted by molar-refractivity contribution is 0.0636. The van der Waals surface area contributed by atoms with E-state index in [9.17, 15) is 14.7 Å². The van der Waals surface area contributed by atoms with E-state index in [1.54, 1.807) is 36.4 Å². The van der Waals surface area contributed by atoms with Crippen molar-refractivity contribution in [2.75, 3.05) is 13.2 Å². The summed E-state index contributed by atoms with van der Waals surface area (Å²) in [6.07, 6.45) is -1.03. The first kappa shape index (κ1) is 26.4. The van der Waals surface area contributed by atoms with Crippen LogP contribution in [0.5, 0.6) is 11.5 Å². The number of hydrogen-bond donors (Lipinski definition) is 1. The van der Waals surface area contributed by atoms with E-state index in [1.165, 1.54) is 34.8 Å².